The van der Waals surface area contributed by atoms with E-state index in [1.165, 1.54) is 10.5 Å². The Morgan fingerprint density at radius 3 is 2.34 bits per heavy atom. The first-order valence-electron chi connectivity index (χ1n) is 9.53. The van der Waals surface area contributed by atoms with Crippen molar-refractivity contribution in [1.82, 2.24) is 10.2 Å². The van der Waals surface area contributed by atoms with Crippen molar-refractivity contribution in [3.8, 4) is 5.75 Å². The van der Waals surface area contributed by atoms with Crippen molar-refractivity contribution in [3.63, 3.8) is 0 Å². The van der Waals surface area contributed by atoms with Crippen LogP contribution in [0.5, 0.6) is 5.75 Å². The molecule has 0 aliphatic carbocycles. The summed E-state index contributed by atoms with van der Waals surface area (Å²) in [6.45, 7) is 2.17. The number of aliphatic hydroxyl groups excluding tert-OH is 1. The van der Waals surface area contributed by atoms with Crippen molar-refractivity contribution in [2.45, 2.75) is 26.0 Å². The normalized spacial score (nSPS) is 16.0. The lowest BCUT2D eigenvalue weighted by Gasteiger charge is -2.15. The minimum absolute atomic E-state index is 0.0147. The Bertz CT molecular complexity index is 877. The third-order valence-electron chi connectivity index (χ3n) is 4.83. The van der Waals surface area contributed by atoms with Gasteiger partial charge in [0, 0.05) is 12.1 Å². The van der Waals surface area contributed by atoms with E-state index in [9.17, 15) is 19.5 Å². The molecule has 1 aliphatic rings. The Morgan fingerprint density at radius 1 is 1.10 bits per heavy atom. The molecule has 1 saturated heterocycles. The molecule has 29 heavy (non-hydrogen) atoms. The Hall–Kier alpha value is -3.19. The summed E-state index contributed by atoms with van der Waals surface area (Å²) in [4.78, 5) is 36.8. The third-order valence-corrected chi connectivity index (χ3v) is 4.83. The van der Waals surface area contributed by atoms with E-state index in [-0.39, 0.29) is 37.3 Å². The van der Waals surface area contributed by atoms with Crippen LogP contribution in [0.4, 0.5) is 0 Å². The standard InChI is InChI=1S/C22H24N2O5/c1-2-15-3-7-17(8-4-15)22(28)23-11-16-5-9-18(10-6-16)29-14-21(27)24-12-19(25)20(26)13-24/h3-10,19,25H,2,11-14H2,1H3,(H,23,28)/t19-/m0/s1. The van der Waals surface area contributed by atoms with Crippen LogP contribution in [0, 0.1) is 0 Å². The van der Waals surface area contributed by atoms with Gasteiger partial charge in [-0.3, -0.25) is 14.4 Å². The second kappa shape index (κ2) is 9.34. The average molecular weight is 396 g/mol. The van der Waals surface area contributed by atoms with E-state index in [2.05, 4.69) is 12.2 Å². The lowest BCUT2D eigenvalue weighted by Crippen LogP contribution is -2.33. The summed E-state index contributed by atoms with van der Waals surface area (Å²) in [7, 11) is 0. The summed E-state index contributed by atoms with van der Waals surface area (Å²) < 4.78 is 5.45. The molecule has 2 aromatic carbocycles. The predicted octanol–water partition coefficient (Wildman–Crippen LogP) is 1.33. The number of likely N-dealkylation sites (tertiary alicyclic amines) is 1. The second-order valence-corrected chi connectivity index (χ2v) is 6.92. The first-order chi connectivity index (χ1) is 14.0. The van der Waals surface area contributed by atoms with Crippen molar-refractivity contribution in [2.24, 2.45) is 0 Å². The van der Waals surface area contributed by atoms with Crippen LogP contribution in [-0.4, -0.2) is 53.4 Å². The Labute approximate surface area is 169 Å². The number of hydrogen-bond donors (Lipinski definition) is 2. The lowest BCUT2D eigenvalue weighted by atomic mass is 10.1. The number of rotatable bonds is 7. The van der Waals surface area contributed by atoms with Gasteiger partial charge in [0.05, 0.1) is 13.1 Å². The molecular formula is C22H24N2O5. The fourth-order valence-electron chi connectivity index (χ4n) is 2.97. The molecule has 1 aliphatic heterocycles. The number of Topliss-reactive ketones (excluding diaryl/α,β-unsaturated/α-hetero) is 1. The highest BCUT2D eigenvalue weighted by molar-refractivity contribution is 5.94. The molecule has 1 fully saturated rings. The predicted molar refractivity (Wildman–Crippen MR) is 107 cm³/mol. The third kappa shape index (κ3) is 5.42. The van der Waals surface area contributed by atoms with Gasteiger partial charge in [0.25, 0.3) is 11.8 Å². The molecule has 2 N–H and O–H groups in total. The number of ether oxygens (including phenoxy) is 1. The van der Waals surface area contributed by atoms with Crippen LogP contribution >= 0.6 is 0 Å². The van der Waals surface area contributed by atoms with Crippen LogP contribution in [0.15, 0.2) is 48.5 Å². The maximum Gasteiger partial charge on any atom is 0.261 e. The van der Waals surface area contributed by atoms with E-state index >= 15 is 0 Å². The fourth-order valence-corrected chi connectivity index (χ4v) is 2.97. The minimum atomic E-state index is -1.10. The fraction of sp³-hybridized carbons (Fsp3) is 0.318. The van der Waals surface area contributed by atoms with Gasteiger partial charge in [0.1, 0.15) is 11.9 Å². The van der Waals surface area contributed by atoms with Crippen molar-refractivity contribution >= 4 is 17.6 Å². The molecule has 1 atom stereocenters. The molecule has 2 amide bonds. The first kappa shape index (κ1) is 20.5. The largest absolute Gasteiger partial charge is 0.484 e. The van der Waals surface area contributed by atoms with Crippen LogP contribution in [0.2, 0.25) is 0 Å². The molecule has 3 rings (SSSR count). The molecule has 1 heterocycles. The lowest BCUT2D eigenvalue weighted by molar-refractivity contribution is -0.133. The van der Waals surface area contributed by atoms with Gasteiger partial charge in [-0.2, -0.15) is 0 Å². The summed E-state index contributed by atoms with van der Waals surface area (Å²) in [6.07, 6.45) is -0.168. The number of nitrogens with one attached hydrogen (secondary N) is 1. The van der Waals surface area contributed by atoms with Crippen molar-refractivity contribution in [3.05, 3.63) is 65.2 Å². The highest BCUT2D eigenvalue weighted by Gasteiger charge is 2.31. The number of nitrogens with zero attached hydrogens (tertiary/aromatic N) is 1. The number of β-amino-alcohol motifs (C(OH)–C–C–N with tert-alkyl or cyclic N) is 1. The molecule has 2 aromatic rings. The maximum atomic E-state index is 12.2. The molecule has 7 nitrogen and oxygen atoms in total. The van der Waals surface area contributed by atoms with Gasteiger partial charge in [-0.25, -0.2) is 0 Å². The monoisotopic (exact) mass is 396 g/mol. The molecular weight excluding hydrogens is 372 g/mol. The summed E-state index contributed by atoms with van der Waals surface area (Å²) in [5, 5.41) is 12.3. The molecule has 0 radical (unpaired) electrons. The van der Waals surface area contributed by atoms with Crippen LogP contribution < -0.4 is 10.1 Å². The van der Waals surface area contributed by atoms with E-state index in [1.807, 2.05) is 36.4 Å². The van der Waals surface area contributed by atoms with Gasteiger partial charge in [-0.1, -0.05) is 31.2 Å². The number of hydrogen-bond acceptors (Lipinski definition) is 5. The zero-order valence-electron chi connectivity index (χ0n) is 16.3. The molecule has 152 valence electrons. The molecule has 0 saturated carbocycles. The first-order valence-corrected chi connectivity index (χ1v) is 9.53. The second-order valence-electron chi connectivity index (χ2n) is 6.92. The SMILES string of the molecule is CCc1ccc(C(=O)NCc2ccc(OCC(=O)N3CC(=O)[C@@H](O)C3)cc2)cc1. The molecule has 0 bridgehead atoms. The number of carbonyl (C=O) groups excluding carboxylic acids is 3. The smallest absolute Gasteiger partial charge is 0.261 e. The van der Waals surface area contributed by atoms with Crippen molar-refractivity contribution in [2.75, 3.05) is 19.7 Å². The zero-order chi connectivity index (χ0) is 20.8. The van der Waals surface area contributed by atoms with E-state index in [4.69, 9.17) is 4.74 Å². The topological polar surface area (TPSA) is 95.9 Å². The van der Waals surface area contributed by atoms with E-state index in [0.717, 1.165) is 12.0 Å². The zero-order valence-corrected chi connectivity index (χ0v) is 16.3. The summed E-state index contributed by atoms with van der Waals surface area (Å²) in [5.41, 5.74) is 2.70. The van der Waals surface area contributed by atoms with Crippen molar-refractivity contribution < 1.29 is 24.2 Å². The van der Waals surface area contributed by atoms with E-state index in [1.54, 1.807) is 12.1 Å². The molecule has 0 unspecified atom stereocenters. The summed E-state index contributed by atoms with van der Waals surface area (Å²) >= 11 is 0. The number of ketones is 1. The van der Waals surface area contributed by atoms with Gasteiger partial charge in [-0.05, 0) is 41.8 Å². The average Bonchev–Trinajstić information content (AvgIpc) is 3.09. The summed E-state index contributed by atoms with van der Waals surface area (Å²) in [5.74, 6) is -0.332. The highest BCUT2D eigenvalue weighted by Crippen LogP contribution is 2.14. The number of carbonyl (C=O) groups is 3. The maximum absolute atomic E-state index is 12.2. The van der Waals surface area contributed by atoms with Crippen LogP contribution in [-0.2, 0) is 22.6 Å². The van der Waals surface area contributed by atoms with Gasteiger partial charge >= 0.3 is 0 Å². The quantitative estimate of drug-likeness (QED) is 0.736. The summed E-state index contributed by atoms with van der Waals surface area (Å²) in [6, 6.07) is 14.6. The van der Waals surface area contributed by atoms with Crippen LogP contribution in [0.25, 0.3) is 0 Å². The highest BCUT2D eigenvalue weighted by atomic mass is 16.5. The Morgan fingerprint density at radius 2 is 1.76 bits per heavy atom. The van der Waals surface area contributed by atoms with Gasteiger partial charge in [-0.15, -0.1) is 0 Å². The van der Waals surface area contributed by atoms with E-state index < -0.39 is 6.10 Å². The van der Waals surface area contributed by atoms with Crippen LogP contribution in [0.3, 0.4) is 0 Å². The minimum Gasteiger partial charge on any atom is -0.484 e. The number of aryl methyl sites for hydroxylation is 1. The van der Waals surface area contributed by atoms with Gasteiger partial charge < -0.3 is 20.1 Å². The Kier molecular flexibility index (Phi) is 6.61. The molecule has 0 aromatic heterocycles. The van der Waals surface area contributed by atoms with Gasteiger partial charge in [0.2, 0.25) is 0 Å². The Balaban J connectivity index is 1.45. The number of benzene rings is 2. The number of amides is 2. The van der Waals surface area contributed by atoms with E-state index in [0.29, 0.717) is 17.9 Å². The van der Waals surface area contributed by atoms with Crippen LogP contribution in [0.1, 0.15) is 28.4 Å². The van der Waals surface area contributed by atoms with Gasteiger partial charge in [0.15, 0.2) is 12.4 Å². The number of aliphatic hydroxyl groups is 1. The molecule has 7 heteroatoms. The van der Waals surface area contributed by atoms with Crippen molar-refractivity contribution in [1.29, 1.82) is 0 Å². The molecule has 0 spiro atoms.